The van der Waals surface area contributed by atoms with Crippen LogP contribution in [0.25, 0.3) is 0 Å². The number of nitrogens with one attached hydrogen (secondary N) is 2. The molecule has 2 aromatic heterocycles. The van der Waals surface area contributed by atoms with Crippen molar-refractivity contribution >= 4 is 23.1 Å². The second kappa shape index (κ2) is 6.82. The van der Waals surface area contributed by atoms with Crippen LogP contribution in [0.2, 0.25) is 0 Å². The predicted molar refractivity (Wildman–Crippen MR) is 86.1 cm³/mol. The van der Waals surface area contributed by atoms with E-state index in [9.17, 15) is 13.6 Å². The van der Waals surface area contributed by atoms with E-state index >= 15 is 0 Å². The first kappa shape index (κ1) is 15.5. The van der Waals surface area contributed by atoms with Crippen LogP contribution in [0.4, 0.5) is 26.0 Å². The van der Waals surface area contributed by atoms with Gasteiger partial charge in [-0.1, -0.05) is 0 Å². The van der Waals surface area contributed by atoms with Gasteiger partial charge in [-0.25, -0.2) is 13.8 Å². The van der Waals surface area contributed by atoms with Crippen molar-refractivity contribution in [2.24, 2.45) is 0 Å². The Morgan fingerprint density at radius 3 is 2.58 bits per heavy atom. The van der Waals surface area contributed by atoms with E-state index in [1.165, 1.54) is 18.5 Å². The molecule has 2 heterocycles. The summed E-state index contributed by atoms with van der Waals surface area (Å²) >= 11 is 0. The molecule has 0 saturated heterocycles. The molecular weight excluding hydrogens is 314 g/mol. The number of amides is 1. The number of rotatable bonds is 4. The van der Waals surface area contributed by atoms with Crippen molar-refractivity contribution in [3.63, 3.8) is 0 Å². The zero-order valence-electron chi connectivity index (χ0n) is 12.3. The Labute approximate surface area is 136 Å². The van der Waals surface area contributed by atoms with Gasteiger partial charge in [-0.3, -0.25) is 9.78 Å². The van der Waals surface area contributed by atoms with Crippen molar-refractivity contribution in [3.8, 4) is 0 Å². The van der Waals surface area contributed by atoms with Crippen molar-refractivity contribution in [1.82, 2.24) is 9.97 Å². The Morgan fingerprint density at radius 2 is 1.92 bits per heavy atom. The molecule has 0 fully saturated rings. The highest BCUT2D eigenvalue weighted by atomic mass is 19.1. The number of anilines is 3. The standard InChI is InChI=1S/C17H12F2N4O/c18-12-3-5-15(14(19)8-12)22-13-4-6-16(21-10-13)23-17(24)11-2-1-7-20-9-11/h1-10,22H,(H,21,23,24). The smallest absolute Gasteiger partial charge is 0.258 e. The monoisotopic (exact) mass is 326 g/mol. The minimum Gasteiger partial charge on any atom is -0.352 e. The zero-order valence-corrected chi connectivity index (χ0v) is 12.3. The van der Waals surface area contributed by atoms with E-state index in [1.54, 1.807) is 30.5 Å². The summed E-state index contributed by atoms with van der Waals surface area (Å²) in [5.74, 6) is -1.34. The Morgan fingerprint density at radius 1 is 1.04 bits per heavy atom. The van der Waals surface area contributed by atoms with Gasteiger partial charge in [0.2, 0.25) is 0 Å². The lowest BCUT2D eigenvalue weighted by Gasteiger charge is -2.09. The van der Waals surface area contributed by atoms with Gasteiger partial charge < -0.3 is 10.6 Å². The SMILES string of the molecule is O=C(Nc1ccc(Nc2ccc(F)cc2F)cn1)c1cccnc1. The molecule has 0 atom stereocenters. The maximum atomic E-state index is 13.6. The number of carbonyl (C=O) groups is 1. The normalized spacial score (nSPS) is 10.2. The highest BCUT2D eigenvalue weighted by Gasteiger charge is 2.07. The molecule has 2 N–H and O–H groups in total. The zero-order chi connectivity index (χ0) is 16.9. The Balaban J connectivity index is 1.68. The van der Waals surface area contributed by atoms with Crippen molar-refractivity contribution in [3.05, 3.63) is 78.3 Å². The van der Waals surface area contributed by atoms with E-state index in [0.717, 1.165) is 12.1 Å². The van der Waals surface area contributed by atoms with Crippen LogP contribution in [0, 0.1) is 11.6 Å². The quantitative estimate of drug-likeness (QED) is 0.766. The molecule has 1 aromatic carbocycles. The summed E-state index contributed by atoms with van der Waals surface area (Å²) in [6.07, 6.45) is 4.45. The second-order valence-electron chi connectivity index (χ2n) is 4.88. The number of halogens is 2. The second-order valence-corrected chi connectivity index (χ2v) is 4.88. The van der Waals surface area contributed by atoms with Crippen LogP contribution in [0.3, 0.4) is 0 Å². The maximum absolute atomic E-state index is 13.6. The fraction of sp³-hybridized carbons (Fsp3) is 0. The molecule has 0 bridgehead atoms. The highest BCUT2D eigenvalue weighted by molar-refractivity contribution is 6.03. The van der Waals surface area contributed by atoms with Gasteiger partial charge in [-0.05, 0) is 36.4 Å². The van der Waals surface area contributed by atoms with Crippen LogP contribution >= 0.6 is 0 Å². The molecule has 24 heavy (non-hydrogen) atoms. The molecule has 0 spiro atoms. The maximum Gasteiger partial charge on any atom is 0.258 e. The van der Waals surface area contributed by atoms with Crippen LogP contribution in [-0.2, 0) is 0 Å². The van der Waals surface area contributed by atoms with Crippen molar-refractivity contribution in [1.29, 1.82) is 0 Å². The van der Waals surface area contributed by atoms with E-state index in [1.807, 2.05) is 0 Å². The highest BCUT2D eigenvalue weighted by Crippen LogP contribution is 2.21. The van der Waals surface area contributed by atoms with Gasteiger partial charge in [-0.2, -0.15) is 0 Å². The average Bonchev–Trinajstić information content (AvgIpc) is 2.60. The first-order valence-electron chi connectivity index (χ1n) is 7.01. The fourth-order valence-electron chi connectivity index (χ4n) is 1.97. The summed E-state index contributed by atoms with van der Waals surface area (Å²) in [7, 11) is 0. The van der Waals surface area contributed by atoms with Gasteiger partial charge in [0, 0.05) is 18.5 Å². The van der Waals surface area contributed by atoms with Crippen molar-refractivity contribution in [2.45, 2.75) is 0 Å². The lowest BCUT2D eigenvalue weighted by molar-refractivity contribution is 0.102. The number of hydrogen-bond donors (Lipinski definition) is 2. The largest absolute Gasteiger partial charge is 0.352 e. The number of nitrogens with zero attached hydrogens (tertiary/aromatic N) is 2. The molecule has 7 heteroatoms. The summed E-state index contributed by atoms with van der Waals surface area (Å²) in [5, 5.41) is 5.41. The third kappa shape index (κ3) is 3.70. The summed E-state index contributed by atoms with van der Waals surface area (Å²) in [6, 6.07) is 9.72. The van der Waals surface area contributed by atoms with Gasteiger partial charge in [0.15, 0.2) is 0 Å². The van der Waals surface area contributed by atoms with Gasteiger partial charge in [0.25, 0.3) is 5.91 Å². The predicted octanol–water partition coefficient (Wildman–Crippen LogP) is 3.75. The Bertz CT molecular complexity index is 854. The summed E-state index contributed by atoms with van der Waals surface area (Å²) in [5.41, 5.74) is 1.04. The Kier molecular flexibility index (Phi) is 4.42. The van der Waals surface area contributed by atoms with Crippen LogP contribution in [0.15, 0.2) is 61.1 Å². The van der Waals surface area contributed by atoms with E-state index < -0.39 is 11.6 Å². The third-order valence-electron chi connectivity index (χ3n) is 3.14. The van der Waals surface area contributed by atoms with E-state index in [4.69, 9.17) is 0 Å². The van der Waals surface area contributed by atoms with Gasteiger partial charge in [0.1, 0.15) is 17.5 Å². The summed E-state index contributed by atoms with van der Waals surface area (Å²) in [6.45, 7) is 0. The molecule has 0 aliphatic heterocycles. The molecule has 0 unspecified atom stereocenters. The number of pyridine rings is 2. The van der Waals surface area contributed by atoms with Gasteiger partial charge in [-0.15, -0.1) is 0 Å². The molecule has 120 valence electrons. The number of benzene rings is 1. The molecule has 3 aromatic rings. The topological polar surface area (TPSA) is 66.9 Å². The van der Waals surface area contributed by atoms with Crippen LogP contribution < -0.4 is 10.6 Å². The first-order chi connectivity index (χ1) is 11.6. The minimum atomic E-state index is -0.705. The van der Waals surface area contributed by atoms with Crippen molar-refractivity contribution in [2.75, 3.05) is 10.6 Å². The lowest BCUT2D eigenvalue weighted by Crippen LogP contribution is -2.13. The fourth-order valence-corrected chi connectivity index (χ4v) is 1.97. The van der Waals surface area contributed by atoms with E-state index in [-0.39, 0.29) is 11.6 Å². The molecule has 0 aliphatic rings. The van der Waals surface area contributed by atoms with Crippen LogP contribution in [0.1, 0.15) is 10.4 Å². The molecule has 5 nitrogen and oxygen atoms in total. The molecule has 1 amide bonds. The lowest BCUT2D eigenvalue weighted by atomic mass is 10.2. The van der Waals surface area contributed by atoms with Crippen LogP contribution in [-0.4, -0.2) is 15.9 Å². The van der Waals surface area contributed by atoms with Gasteiger partial charge >= 0.3 is 0 Å². The van der Waals surface area contributed by atoms with E-state index in [0.29, 0.717) is 17.1 Å². The number of hydrogen-bond acceptors (Lipinski definition) is 4. The Hall–Kier alpha value is -3.35. The number of aromatic nitrogens is 2. The number of carbonyl (C=O) groups excluding carboxylic acids is 1. The van der Waals surface area contributed by atoms with E-state index in [2.05, 4.69) is 20.6 Å². The van der Waals surface area contributed by atoms with Gasteiger partial charge in [0.05, 0.1) is 23.1 Å². The molecule has 0 radical (unpaired) electrons. The minimum absolute atomic E-state index is 0.130. The van der Waals surface area contributed by atoms with Crippen LogP contribution in [0.5, 0.6) is 0 Å². The summed E-state index contributed by atoms with van der Waals surface area (Å²) in [4.78, 5) is 19.9. The average molecular weight is 326 g/mol. The summed E-state index contributed by atoms with van der Waals surface area (Å²) < 4.78 is 26.5. The molecular formula is C17H12F2N4O. The molecule has 0 aliphatic carbocycles. The third-order valence-corrected chi connectivity index (χ3v) is 3.14. The first-order valence-corrected chi connectivity index (χ1v) is 7.01. The molecule has 3 rings (SSSR count). The molecule has 0 saturated carbocycles. The van der Waals surface area contributed by atoms with Crippen molar-refractivity contribution < 1.29 is 13.6 Å².